The maximum Gasteiger partial charge on any atom is 0.226 e. The summed E-state index contributed by atoms with van der Waals surface area (Å²) in [7, 11) is -3.05. The van der Waals surface area contributed by atoms with Gasteiger partial charge in [-0.3, -0.25) is 4.79 Å². The molecule has 1 amide bonds. The lowest BCUT2D eigenvalue weighted by Gasteiger charge is -2.40. The third-order valence-corrected chi connectivity index (χ3v) is 7.60. The molecule has 2 aliphatic rings. The van der Waals surface area contributed by atoms with Gasteiger partial charge in [0.2, 0.25) is 5.91 Å². The van der Waals surface area contributed by atoms with E-state index in [0.717, 1.165) is 0 Å². The molecular weight excluding hydrogens is 314 g/mol. The zero-order valence-electron chi connectivity index (χ0n) is 12.0. The molecule has 0 aliphatic carbocycles. The van der Waals surface area contributed by atoms with Crippen molar-refractivity contribution in [3.05, 3.63) is 0 Å². The monoisotopic (exact) mass is 335 g/mol. The maximum atomic E-state index is 12.4. The van der Waals surface area contributed by atoms with Crippen LogP contribution in [0.2, 0.25) is 0 Å². The van der Waals surface area contributed by atoms with Gasteiger partial charge in [0.05, 0.1) is 22.2 Å². The summed E-state index contributed by atoms with van der Waals surface area (Å²) in [5, 5.41) is 12.0. The molecule has 9 heteroatoms. The summed E-state index contributed by atoms with van der Waals surface area (Å²) in [6.07, 6.45) is 3.54. The van der Waals surface area contributed by atoms with Gasteiger partial charge in [-0.1, -0.05) is 5.16 Å². The third kappa shape index (κ3) is 3.28. The third-order valence-electron chi connectivity index (χ3n) is 4.43. The predicted octanol–water partition coefficient (Wildman–Crippen LogP) is -0.108. The molecule has 3 N–H and O–H groups in total. The van der Waals surface area contributed by atoms with Crippen molar-refractivity contribution < 1.29 is 18.4 Å². The van der Waals surface area contributed by atoms with Gasteiger partial charge in [0.25, 0.3) is 0 Å². The number of amidine groups is 1. The number of nitrogens with two attached hydrogens (primary N) is 1. The van der Waals surface area contributed by atoms with Crippen LogP contribution in [0.4, 0.5) is 0 Å². The fourth-order valence-corrected chi connectivity index (χ4v) is 5.57. The van der Waals surface area contributed by atoms with Gasteiger partial charge in [0, 0.05) is 13.1 Å². The van der Waals surface area contributed by atoms with Crippen LogP contribution in [0.25, 0.3) is 0 Å². The van der Waals surface area contributed by atoms with Crippen LogP contribution in [0.3, 0.4) is 0 Å². The van der Waals surface area contributed by atoms with E-state index < -0.39 is 20.5 Å². The summed E-state index contributed by atoms with van der Waals surface area (Å²) in [5.41, 5.74) is 5.77. The van der Waals surface area contributed by atoms with Crippen LogP contribution in [0, 0.1) is 5.92 Å². The Hall–Kier alpha value is -0.960. The van der Waals surface area contributed by atoms with Gasteiger partial charge >= 0.3 is 0 Å². The Morgan fingerprint density at radius 3 is 2.48 bits per heavy atom. The molecule has 0 saturated carbocycles. The number of oxime groups is 1. The summed E-state index contributed by atoms with van der Waals surface area (Å²) < 4.78 is 22.5. The fraction of sp³-hybridized carbons (Fsp3) is 0.833. The molecule has 0 aromatic rings. The molecule has 2 heterocycles. The smallest absolute Gasteiger partial charge is 0.226 e. The van der Waals surface area contributed by atoms with E-state index in [9.17, 15) is 13.2 Å². The van der Waals surface area contributed by atoms with Gasteiger partial charge in [0.1, 0.15) is 0 Å². The lowest BCUT2D eigenvalue weighted by Crippen LogP contribution is -2.52. The van der Waals surface area contributed by atoms with Crippen molar-refractivity contribution in [1.82, 2.24) is 4.90 Å². The van der Waals surface area contributed by atoms with Crippen LogP contribution in [0.1, 0.15) is 19.3 Å². The van der Waals surface area contributed by atoms with Gasteiger partial charge in [-0.05, 0) is 25.5 Å². The Bertz CT molecular complexity index is 539. The normalized spacial score (nSPS) is 28.5. The predicted molar refractivity (Wildman–Crippen MR) is 82.2 cm³/mol. The number of piperidine rings is 1. The molecule has 2 saturated heterocycles. The maximum absolute atomic E-state index is 12.4. The Morgan fingerprint density at radius 2 is 2.05 bits per heavy atom. The molecule has 1 atom stereocenters. The van der Waals surface area contributed by atoms with Crippen LogP contribution < -0.4 is 5.73 Å². The quantitative estimate of drug-likeness (QED) is 0.322. The highest BCUT2D eigenvalue weighted by molar-refractivity contribution is 8.00. The van der Waals surface area contributed by atoms with Crippen molar-refractivity contribution in [3.63, 3.8) is 0 Å². The van der Waals surface area contributed by atoms with E-state index in [1.165, 1.54) is 11.8 Å². The molecule has 2 fully saturated rings. The van der Waals surface area contributed by atoms with Crippen molar-refractivity contribution >= 4 is 33.3 Å². The summed E-state index contributed by atoms with van der Waals surface area (Å²) in [6, 6.07) is 0. The first-order valence-electron chi connectivity index (χ1n) is 6.86. The summed E-state index contributed by atoms with van der Waals surface area (Å²) >= 11 is 1.52. The van der Waals surface area contributed by atoms with Crippen LogP contribution >= 0.6 is 11.8 Å². The van der Waals surface area contributed by atoms with E-state index in [-0.39, 0.29) is 23.2 Å². The first-order chi connectivity index (χ1) is 9.83. The molecule has 0 aromatic carbocycles. The van der Waals surface area contributed by atoms with Crippen LogP contribution in [0.15, 0.2) is 5.16 Å². The number of carbonyl (C=O) groups is 1. The highest BCUT2D eigenvalue weighted by Crippen LogP contribution is 2.35. The van der Waals surface area contributed by atoms with E-state index in [2.05, 4.69) is 5.16 Å². The van der Waals surface area contributed by atoms with E-state index in [1.807, 2.05) is 6.26 Å². The number of nitrogens with zero attached hydrogens (tertiary/aromatic N) is 2. The average molecular weight is 335 g/mol. The summed E-state index contributed by atoms with van der Waals surface area (Å²) in [4.78, 5) is 14.1. The number of rotatable bonds is 3. The number of sulfone groups is 1. The number of hydrogen-bond donors (Lipinski definition) is 2. The van der Waals surface area contributed by atoms with Crippen molar-refractivity contribution in [2.45, 2.75) is 24.0 Å². The highest BCUT2D eigenvalue weighted by Gasteiger charge is 2.42. The molecular formula is C12H21N3O4S2. The first kappa shape index (κ1) is 16.4. The second-order valence-corrected chi connectivity index (χ2v) is 9.03. The van der Waals surface area contributed by atoms with E-state index in [0.29, 0.717) is 32.4 Å². The molecule has 1 unspecified atom stereocenters. The van der Waals surface area contributed by atoms with E-state index >= 15 is 0 Å². The second-order valence-electron chi connectivity index (χ2n) is 5.61. The molecule has 120 valence electrons. The van der Waals surface area contributed by atoms with E-state index in [4.69, 9.17) is 10.9 Å². The number of amides is 1. The number of carbonyl (C=O) groups excluding carboxylic acids is 1. The van der Waals surface area contributed by atoms with Gasteiger partial charge < -0.3 is 15.8 Å². The summed E-state index contributed by atoms with van der Waals surface area (Å²) in [5.74, 6) is -0.219. The van der Waals surface area contributed by atoms with Crippen molar-refractivity contribution in [3.8, 4) is 0 Å². The average Bonchev–Trinajstić information content (AvgIpc) is 2.86. The first-order valence-corrected chi connectivity index (χ1v) is 9.90. The highest BCUT2D eigenvalue weighted by atomic mass is 32.2. The Morgan fingerprint density at radius 1 is 1.43 bits per heavy atom. The van der Waals surface area contributed by atoms with Crippen molar-refractivity contribution in [2.75, 3.05) is 30.9 Å². The molecule has 21 heavy (non-hydrogen) atoms. The lowest BCUT2D eigenvalue weighted by molar-refractivity contribution is -0.135. The minimum Gasteiger partial charge on any atom is -0.409 e. The van der Waals surface area contributed by atoms with Crippen LogP contribution in [-0.2, 0) is 14.6 Å². The van der Waals surface area contributed by atoms with Gasteiger partial charge in [0.15, 0.2) is 15.7 Å². The molecule has 7 nitrogen and oxygen atoms in total. The van der Waals surface area contributed by atoms with Crippen LogP contribution in [0.5, 0.6) is 0 Å². The number of thioether (sulfide) groups is 1. The van der Waals surface area contributed by atoms with Crippen molar-refractivity contribution in [1.29, 1.82) is 0 Å². The molecule has 2 rings (SSSR count). The molecule has 0 aromatic heterocycles. The molecule has 0 spiro atoms. The zero-order chi connectivity index (χ0) is 15.7. The van der Waals surface area contributed by atoms with Gasteiger partial charge in [-0.2, -0.15) is 11.8 Å². The standard InChI is InChI=1S/C12H21N3O4S2/c1-20-12(11(13)14-17)3-5-15(6-4-12)10(16)9-2-7-21(18,19)8-9/h9,17H,2-8H2,1H3,(H2,13,14). The number of likely N-dealkylation sites (tertiary alicyclic amines) is 1. The zero-order valence-corrected chi connectivity index (χ0v) is 13.6. The molecule has 2 aliphatic heterocycles. The lowest BCUT2D eigenvalue weighted by atomic mass is 9.93. The Labute approximate surface area is 128 Å². The van der Waals surface area contributed by atoms with Crippen molar-refractivity contribution in [2.24, 2.45) is 16.8 Å². The van der Waals surface area contributed by atoms with Crippen LogP contribution in [-0.4, -0.2) is 65.9 Å². The second kappa shape index (κ2) is 6.04. The Balaban J connectivity index is 1.99. The minimum absolute atomic E-state index is 0.0315. The topological polar surface area (TPSA) is 113 Å². The van der Waals surface area contributed by atoms with Gasteiger partial charge in [-0.15, -0.1) is 0 Å². The largest absolute Gasteiger partial charge is 0.409 e. The fourth-order valence-electron chi connectivity index (χ4n) is 2.99. The Kier molecular flexibility index (Phi) is 4.72. The molecule has 0 radical (unpaired) electrons. The van der Waals surface area contributed by atoms with Gasteiger partial charge in [-0.25, -0.2) is 8.42 Å². The molecule has 0 bridgehead atoms. The SMILES string of the molecule is CSC1(C(N)=NO)CCN(C(=O)C2CCS(=O)(=O)C2)CC1. The van der Waals surface area contributed by atoms with E-state index in [1.54, 1.807) is 4.90 Å². The minimum atomic E-state index is -3.05. The number of hydrogen-bond acceptors (Lipinski definition) is 6. The summed E-state index contributed by atoms with van der Waals surface area (Å²) in [6.45, 7) is 1.01.